The Hall–Kier alpha value is -1.42. The van der Waals surface area contributed by atoms with E-state index < -0.39 is 22.0 Å². The Morgan fingerprint density at radius 1 is 1.55 bits per heavy atom. The number of rotatable bonds is 7. The minimum absolute atomic E-state index is 0.0000556. The average molecular weight is 305 g/mol. The van der Waals surface area contributed by atoms with Crippen molar-refractivity contribution in [3.05, 3.63) is 18.0 Å². The maximum Gasteiger partial charge on any atom is 0.268 e. The van der Waals surface area contributed by atoms with Crippen LogP contribution in [0.5, 0.6) is 0 Å². The lowest BCUT2D eigenvalue weighted by molar-refractivity contribution is 0.0832. The summed E-state index contributed by atoms with van der Waals surface area (Å²) in [6, 6.07) is 0.717. The maximum atomic E-state index is 12.0. The van der Waals surface area contributed by atoms with E-state index in [-0.39, 0.29) is 23.8 Å². The molecule has 20 heavy (non-hydrogen) atoms. The number of aromatic nitrogens is 1. The molecular weight excluding hydrogens is 286 g/mol. The zero-order valence-electron chi connectivity index (χ0n) is 11.6. The molecule has 0 fully saturated rings. The smallest absolute Gasteiger partial charge is 0.268 e. The molecule has 3 N–H and O–H groups in total. The van der Waals surface area contributed by atoms with Crippen molar-refractivity contribution in [3.8, 4) is 0 Å². The van der Waals surface area contributed by atoms with Gasteiger partial charge in [-0.05, 0) is 13.1 Å². The molecule has 1 heterocycles. The van der Waals surface area contributed by atoms with Gasteiger partial charge in [0.05, 0.1) is 19.3 Å². The second-order valence-electron chi connectivity index (χ2n) is 4.19. The second kappa shape index (κ2) is 6.84. The van der Waals surface area contributed by atoms with E-state index in [1.807, 2.05) is 0 Å². The summed E-state index contributed by atoms with van der Waals surface area (Å²) in [5.74, 6) is -0.485. The molecule has 0 aliphatic rings. The molecule has 0 aliphatic carbocycles. The Morgan fingerprint density at radius 2 is 2.20 bits per heavy atom. The Bertz CT molecular complexity index is 567. The highest BCUT2D eigenvalue weighted by Gasteiger charge is 2.20. The van der Waals surface area contributed by atoms with Gasteiger partial charge < -0.3 is 19.7 Å². The van der Waals surface area contributed by atoms with Crippen LogP contribution in [0.2, 0.25) is 0 Å². The molecule has 1 unspecified atom stereocenters. The lowest BCUT2D eigenvalue weighted by Gasteiger charge is -2.15. The third-order valence-corrected chi connectivity index (χ3v) is 4.10. The number of aliphatic hydroxyl groups excluding tert-OH is 1. The minimum atomic E-state index is -3.60. The number of carbonyl (C=O) groups excluding carboxylic acids is 1. The van der Waals surface area contributed by atoms with Gasteiger partial charge in [-0.1, -0.05) is 0 Å². The van der Waals surface area contributed by atoms with E-state index in [4.69, 9.17) is 9.84 Å². The van der Waals surface area contributed by atoms with Crippen molar-refractivity contribution in [2.75, 3.05) is 27.4 Å². The van der Waals surface area contributed by atoms with Crippen LogP contribution in [-0.2, 0) is 21.8 Å². The van der Waals surface area contributed by atoms with Gasteiger partial charge in [-0.3, -0.25) is 4.79 Å². The van der Waals surface area contributed by atoms with Crippen LogP contribution in [0.15, 0.2) is 17.2 Å². The molecule has 114 valence electrons. The summed E-state index contributed by atoms with van der Waals surface area (Å²) >= 11 is 0. The largest absolute Gasteiger partial charge is 0.394 e. The van der Waals surface area contributed by atoms with Gasteiger partial charge in [-0.25, -0.2) is 13.1 Å². The monoisotopic (exact) mass is 305 g/mol. The molecule has 1 atom stereocenters. The van der Waals surface area contributed by atoms with Gasteiger partial charge in [0, 0.05) is 20.4 Å². The summed E-state index contributed by atoms with van der Waals surface area (Å²) in [6.07, 6.45) is 1.34. The van der Waals surface area contributed by atoms with Crippen molar-refractivity contribution in [2.45, 2.75) is 10.9 Å². The van der Waals surface area contributed by atoms with Crippen LogP contribution in [0, 0.1) is 0 Å². The van der Waals surface area contributed by atoms with Crippen molar-refractivity contribution in [3.63, 3.8) is 0 Å². The lowest BCUT2D eigenvalue weighted by Crippen LogP contribution is -2.41. The van der Waals surface area contributed by atoms with Crippen LogP contribution < -0.4 is 10.0 Å². The van der Waals surface area contributed by atoms with Gasteiger partial charge in [0.1, 0.15) is 10.6 Å². The number of methoxy groups -OCH3 is 1. The topological polar surface area (TPSA) is 110 Å². The number of nitrogens with one attached hydrogen (secondary N) is 2. The Kier molecular flexibility index (Phi) is 5.69. The fourth-order valence-corrected chi connectivity index (χ4v) is 2.42. The fourth-order valence-electron chi connectivity index (χ4n) is 1.63. The molecule has 0 saturated heterocycles. The minimum Gasteiger partial charge on any atom is -0.394 e. The number of sulfonamides is 1. The van der Waals surface area contributed by atoms with Gasteiger partial charge in [0.25, 0.3) is 5.91 Å². The lowest BCUT2D eigenvalue weighted by atomic mass is 10.3. The highest BCUT2D eigenvalue weighted by Crippen LogP contribution is 2.13. The summed E-state index contributed by atoms with van der Waals surface area (Å²) in [7, 11) is 0.708. The number of carbonyl (C=O) groups is 1. The molecule has 1 aromatic heterocycles. The molecule has 1 aromatic rings. The van der Waals surface area contributed by atoms with Crippen molar-refractivity contribution in [2.24, 2.45) is 7.05 Å². The highest BCUT2D eigenvalue weighted by molar-refractivity contribution is 7.89. The first-order valence-corrected chi connectivity index (χ1v) is 7.34. The van der Waals surface area contributed by atoms with Crippen molar-refractivity contribution in [1.82, 2.24) is 14.6 Å². The van der Waals surface area contributed by atoms with E-state index in [0.29, 0.717) is 0 Å². The zero-order valence-corrected chi connectivity index (χ0v) is 12.4. The predicted molar refractivity (Wildman–Crippen MR) is 71.9 cm³/mol. The number of hydrogen-bond acceptors (Lipinski definition) is 5. The molecular formula is C11H19N3O5S. The van der Waals surface area contributed by atoms with Crippen LogP contribution in [0.25, 0.3) is 0 Å². The van der Waals surface area contributed by atoms with Crippen LogP contribution in [0.4, 0.5) is 0 Å². The standard InChI is InChI=1S/C11H19N3O5S/c1-12-20(17,18)9-4-10(14(2)5-9)11(16)13-8(6-15)7-19-3/h4-5,8,12,15H,6-7H2,1-3H3,(H,13,16). The third-order valence-electron chi connectivity index (χ3n) is 2.71. The summed E-state index contributed by atoms with van der Waals surface area (Å²) in [6.45, 7) is -0.111. The molecule has 8 nitrogen and oxygen atoms in total. The molecule has 0 saturated carbocycles. The van der Waals surface area contributed by atoms with E-state index in [1.165, 1.54) is 31.0 Å². The maximum absolute atomic E-state index is 12.0. The molecule has 0 aliphatic heterocycles. The zero-order chi connectivity index (χ0) is 15.3. The number of amides is 1. The van der Waals surface area contributed by atoms with Gasteiger partial charge in [-0.15, -0.1) is 0 Å². The van der Waals surface area contributed by atoms with Crippen LogP contribution in [0.3, 0.4) is 0 Å². The Balaban J connectivity index is 2.95. The fraction of sp³-hybridized carbons (Fsp3) is 0.545. The molecule has 0 spiro atoms. The van der Waals surface area contributed by atoms with Gasteiger partial charge in [0.15, 0.2) is 0 Å². The summed E-state index contributed by atoms with van der Waals surface area (Å²) in [4.78, 5) is 12.0. The predicted octanol–water partition coefficient (Wildman–Crippen LogP) is -1.33. The highest BCUT2D eigenvalue weighted by atomic mass is 32.2. The number of hydrogen-bond donors (Lipinski definition) is 3. The van der Waals surface area contributed by atoms with Crippen LogP contribution in [0.1, 0.15) is 10.5 Å². The molecule has 0 radical (unpaired) electrons. The van der Waals surface area contributed by atoms with E-state index >= 15 is 0 Å². The van der Waals surface area contributed by atoms with Crippen LogP contribution in [-0.4, -0.2) is 57.4 Å². The SMILES string of the molecule is CNS(=O)(=O)c1cc(C(=O)NC(CO)COC)n(C)c1. The van der Waals surface area contributed by atoms with E-state index in [9.17, 15) is 13.2 Å². The van der Waals surface area contributed by atoms with E-state index in [1.54, 1.807) is 7.05 Å². The molecule has 0 bridgehead atoms. The Morgan fingerprint density at radius 3 is 2.70 bits per heavy atom. The molecule has 9 heteroatoms. The normalized spacial score (nSPS) is 13.2. The second-order valence-corrected chi connectivity index (χ2v) is 6.07. The molecule has 1 amide bonds. The van der Waals surface area contributed by atoms with Gasteiger partial charge in [0.2, 0.25) is 10.0 Å². The first-order chi connectivity index (χ1) is 9.35. The number of aliphatic hydroxyl groups is 1. The number of ether oxygens (including phenoxy) is 1. The summed E-state index contributed by atoms with van der Waals surface area (Å²) in [5.41, 5.74) is 0.174. The molecule has 1 rings (SSSR count). The first-order valence-electron chi connectivity index (χ1n) is 5.86. The quantitative estimate of drug-likeness (QED) is 0.578. The van der Waals surface area contributed by atoms with Crippen molar-refractivity contribution >= 4 is 15.9 Å². The first kappa shape index (κ1) is 16.6. The number of nitrogens with zero attached hydrogens (tertiary/aromatic N) is 1. The third kappa shape index (κ3) is 3.79. The molecule has 0 aromatic carbocycles. The van der Waals surface area contributed by atoms with E-state index in [2.05, 4.69) is 10.0 Å². The average Bonchev–Trinajstić information content (AvgIpc) is 2.81. The van der Waals surface area contributed by atoms with Crippen LogP contribution >= 0.6 is 0 Å². The Labute approximate surface area is 117 Å². The summed E-state index contributed by atoms with van der Waals surface area (Å²) in [5, 5.41) is 11.6. The van der Waals surface area contributed by atoms with Crippen molar-refractivity contribution in [1.29, 1.82) is 0 Å². The summed E-state index contributed by atoms with van der Waals surface area (Å²) < 4.78 is 31.7. The van der Waals surface area contributed by atoms with Gasteiger partial charge in [-0.2, -0.15) is 0 Å². The van der Waals surface area contributed by atoms with E-state index in [0.717, 1.165) is 0 Å². The van der Waals surface area contributed by atoms with Crippen molar-refractivity contribution < 1.29 is 23.1 Å². The van der Waals surface area contributed by atoms with Gasteiger partial charge >= 0.3 is 0 Å². The number of aryl methyl sites for hydroxylation is 1.